The van der Waals surface area contributed by atoms with Gasteiger partial charge in [-0.2, -0.15) is 0 Å². The summed E-state index contributed by atoms with van der Waals surface area (Å²) in [6.45, 7) is -0.218. The van der Waals surface area contributed by atoms with Crippen LogP contribution < -0.4 is 21.0 Å². The zero-order chi connectivity index (χ0) is 27.9. The summed E-state index contributed by atoms with van der Waals surface area (Å²) in [5, 5.41) is 49.6. The first-order valence-electron chi connectivity index (χ1n) is 10.2. The minimum atomic E-state index is -5.95. The van der Waals surface area contributed by atoms with Crippen molar-refractivity contribution in [2.45, 2.75) is 62.2 Å². The van der Waals surface area contributed by atoms with E-state index < -0.39 is 94.5 Å². The zero-order valence-corrected chi connectivity index (χ0v) is 20.3. The van der Waals surface area contributed by atoms with Crippen molar-refractivity contribution < 1.29 is 72.1 Å². The Hall–Kier alpha value is -1.67. The van der Waals surface area contributed by atoms with E-state index in [4.69, 9.17) is 9.47 Å². The fourth-order valence-corrected chi connectivity index (χ4v) is 5.53. The summed E-state index contributed by atoms with van der Waals surface area (Å²) in [5.41, 5.74) is -1.79. The second-order valence-corrected chi connectivity index (χ2v) is 10.9. The minimum absolute atomic E-state index is 0.692. The average Bonchev–Trinajstić information content (AvgIpc) is 3.05. The van der Waals surface area contributed by atoms with Crippen LogP contribution in [0.15, 0.2) is 21.9 Å². The Morgan fingerprint density at radius 1 is 1.03 bits per heavy atom. The van der Waals surface area contributed by atoms with E-state index in [2.05, 4.69) is 13.4 Å². The van der Waals surface area contributed by atoms with Gasteiger partial charge in [0.25, 0.3) is 21.2 Å². The van der Waals surface area contributed by atoms with Gasteiger partial charge in [-0.3, -0.25) is 32.8 Å². The third kappa shape index (κ3) is 6.86. The fraction of sp³-hybridized carbons (Fsp3) is 0.688. The Bertz CT molecular complexity index is 1200. The van der Waals surface area contributed by atoms with Crippen molar-refractivity contribution in [1.29, 1.82) is 0 Å². The SMILES string of the molecule is CC(=O)C1OC(OP(=O)([O-])OP(=O)([O-])OCC2OC(n3ccc(=O)[nH]c3=O)C(O)C2O)C(O)C(O)C1O. The first kappa shape index (κ1) is 29.9. The maximum atomic E-state index is 12.1. The lowest BCUT2D eigenvalue weighted by atomic mass is 9.97. The Labute approximate surface area is 205 Å². The number of nitrogens with one attached hydrogen (secondary N) is 1. The number of aromatic nitrogens is 2. The molecule has 6 N–H and O–H groups in total. The van der Waals surface area contributed by atoms with E-state index in [1.165, 1.54) is 0 Å². The molecule has 0 bridgehead atoms. The van der Waals surface area contributed by atoms with E-state index in [-0.39, 0.29) is 0 Å². The van der Waals surface area contributed by atoms with Gasteiger partial charge in [-0.05, 0) is 6.92 Å². The first-order chi connectivity index (χ1) is 17.0. The maximum absolute atomic E-state index is 12.1. The summed E-state index contributed by atoms with van der Waals surface area (Å²) in [5.74, 6) is -0.883. The van der Waals surface area contributed by atoms with Gasteiger partial charge >= 0.3 is 5.69 Å². The molecule has 3 heterocycles. The number of aromatic amines is 1. The third-order valence-corrected chi connectivity index (χ3v) is 7.79. The molecular formula is C16H22N2O17P2-2. The van der Waals surface area contributed by atoms with Crippen molar-refractivity contribution in [3.05, 3.63) is 33.1 Å². The molecule has 2 fully saturated rings. The number of Topliss-reactive ketones (excluding diaryl/α,β-unsaturated/α-hetero) is 1. The molecule has 1 aromatic heterocycles. The van der Waals surface area contributed by atoms with Gasteiger partial charge < -0.3 is 49.3 Å². The standard InChI is InChI=1S/C16H24N2O17P2/c1-5(19)13-10(23)9(22)12(25)15(33-13)34-37(29,30)35-36(27,28)31-4-6-8(21)11(24)14(32-6)18-3-2-7(20)17-16(18)26/h2-3,6,8-15,21-25H,4H2,1H3,(H,27,28)(H,29,30)(H,17,20,26)/p-2. The van der Waals surface area contributed by atoms with E-state index in [9.17, 15) is 58.8 Å². The van der Waals surface area contributed by atoms with Gasteiger partial charge in [-0.25, -0.2) is 9.11 Å². The number of ketones is 1. The maximum Gasteiger partial charge on any atom is 0.330 e. The quantitative estimate of drug-likeness (QED) is 0.149. The van der Waals surface area contributed by atoms with Crippen LogP contribution in [0.5, 0.6) is 0 Å². The van der Waals surface area contributed by atoms with Gasteiger partial charge in [0.1, 0.15) is 42.7 Å². The first-order valence-corrected chi connectivity index (χ1v) is 13.1. The molecule has 19 nitrogen and oxygen atoms in total. The van der Waals surface area contributed by atoms with Gasteiger partial charge in [0.15, 0.2) is 18.3 Å². The Kier molecular flexibility index (Phi) is 9.05. The lowest BCUT2D eigenvalue weighted by molar-refractivity contribution is -0.297. The number of carbonyl (C=O) groups is 1. The monoisotopic (exact) mass is 576 g/mol. The van der Waals surface area contributed by atoms with Crippen LogP contribution >= 0.6 is 15.6 Å². The number of aliphatic hydroxyl groups excluding tert-OH is 5. The summed E-state index contributed by atoms with van der Waals surface area (Å²) >= 11 is 0. The molecule has 210 valence electrons. The van der Waals surface area contributed by atoms with Gasteiger partial charge in [-0.1, -0.05) is 0 Å². The highest BCUT2D eigenvalue weighted by molar-refractivity contribution is 7.59. The molecule has 11 unspecified atom stereocenters. The molecule has 37 heavy (non-hydrogen) atoms. The number of hydrogen-bond acceptors (Lipinski definition) is 17. The van der Waals surface area contributed by atoms with Crippen LogP contribution in [0, 0.1) is 0 Å². The zero-order valence-electron chi connectivity index (χ0n) is 18.5. The molecule has 11 atom stereocenters. The number of aliphatic hydroxyl groups is 5. The summed E-state index contributed by atoms with van der Waals surface area (Å²) < 4.78 is 47.2. The van der Waals surface area contributed by atoms with E-state index >= 15 is 0 Å². The number of rotatable bonds is 9. The molecule has 2 aliphatic rings. The summed E-state index contributed by atoms with van der Waals surface area (Å²) in [6.07, 6.45) is -16.4. The predicted octanol–water partition coefficient (Wildman–Crippen LogP) is -5.46. The highest BCUT2D eigenvalue weighted by atomic mass is 31.3. The van der Waals surface area contributed by atoms with Crippen LogP contribution in [0.2, 0.25) is 0 Å². The molecule has 0 radical (unpaired) electrons. The summed E-state index contributed by atoms with van der Waals surface area (Å²) in [6, 6.07) is 0.907. The molecular weight excluding hydrogens is 554 g/mol. The second-order valence-electron chi connectivity index (χ2n) is 7.95. The van der Waals surface area contributed by atoms with E-state index in [0.29, 0.717) is 4.57 Å². The molecule has 21 heteroatoms. The number of phosphoric acid groups is 2. The molecule has 3 rings (SSSR count). The lowest BCUT2D eigenvalue weighted by Gasteiger charge is -2.41. The van der Waals surface area contributed by atoms with Crippen molar-refractivity contribution in [3.63, 3.8) is 0 Å². The van der Waals surface area contributed by atoms with E-state index in [0.717, 1.165) is 19.2 Å². The van der Waals surface area contributed by atoms with Crippen LogP contribution in [0.25, 0.3) is 0 Å². The van der Waals surface area contributed by atoms with Crippen molar-refractivity contribution in [1.82, 2.24) is 9.55 Å². The predicted molar refractivity (Wildman–Crippen MR) is 108 cm³/mol. The Morgan fingerprint density at radius 3 is 2.27 bits per heavy atom. The minimum Gasteiger partial charge on any atom is -0.756 e. The fourth-order valence-electron chi connectivity index (χ4n) is 3.45. The van der Waals surface area contributed by atoms with Crippen molar-refractivity contribution >= 4 is 21.4 Å². The smallest absolute Gasteiger partial charge is 0.330 e. The molecule has 0 spiro atoms. The van der Waals surface area contributed by atoms with Crippen LogP contribution in [0.4, 0.5) is 0 Å². The molecule has 0 amide bonds. The van der Waals surface area contributed by atoms with Crippen molar-refractivity contribution in [2.75, 3.05) is 6.61 Å². The number of hydrogen-bond donors (Lipinski definition) is 6. The average molecular weight is 576 g/mol. The number of carbonyl (C=O) groups excluding carboxylic acids is 1. The summed E-state index contributed by atoms with van der Waals surface area (Å²) in [4.78, 5) is 60.5. The summed E-state index contributed by atoms with van der Waals surface area (Å²) in [7, 11) is -11.8. The number of nitrogens with zero attached hydrogens (tertiary/aromatic N) is 1. The molecule has 0 aromatic carbocycles. The van der Waals surface area contributed by atoms with Gasteiger partial charge in [0.05, 0.1) is 6.61 Å². The van der Waals surface area contributed by atoms with Crippen molar-refractivity contribution in [3.8, 4) is 0 Å². The van der Waals surface area contributed by atoms with Gasteiger partial charge in [0, 0.05) is 12.3 Å². The van der Waals surface area contributed by atoms with E-state index in [1.54, 1.807) is 0 Å². The second kappa shape index (κ2) is 11.2. The van der Waals surface area contributed by atoms with Gasteiger partial charge in [0.2, 0.25) is 0 Å². The van der Waals surface area contributed by atoms with E-state index in [1.807, 2.05) is 4.98 Å². The van der Waals surface area contributed by atoms with Crippen LogP contribution in [0.3, 0.4) is 0 Å². The number of H-pyrrole nitrogens is 1. The van der Waals surface area contributed by atoms with Crippen LogP contribution in [-0.2, 0) is 36.8 Å². The number of phosphoric ester groups is 2. The topological polar surface area (TPSA) is 299 Å². The normalized spacial score (nSPS) is 37.6. The van der Waals surface area contributed by atoms with Crippen LogP contribution in [0.1, 0.15) is 13.2 Å². The molecule has 2 aliphatic heterocycles. The molecule has 1 aromatic rings. The molecule has 0 saturated carbocycles. The third-order valence-electron chi connectivity index (χ3n) is 5.26. The van der Waals surface area contributed by atoms with Crippen LogP contribution in [-0.4, -0.2) is 96.5 Å². The van der Waals surface area contributed by atoms with Gasteiger partial charge in [-0.15, -0.1) is 0 Å². The largest absolute Gasteiger partial charge is 0.756 e. The Balaban J connectivity index is 1.63. The Morgan fingerprint density at radius 2 is 1.68 bits per heavy atom. The number of ether oxygens (including phenoxy) is 2. The molecule has 0 aliphatic carbocycles. The highest BCUT2D eigenvalue weighted by Crippen LogP contribution is 2.57. The lowest BCUT2D eigenvalue weighted by Crippen LogP contribution is -2.59. The van der Waals surface area contributed by atoms with Crippen molar-refractivity contribution in [2.24, 2.45) is 0 Å². The molecule has 2 saturated heterocycles. The highest BCUT2D eigenvalue weighted by Gasteiger charge is 2.48.